The van der Waals surface area contributed by atoms with Crippen LogP contribution < -0.4 is 14.2 Å². The molecule has 0 bridgehead atoms. The summed E-state index contributed by atoms with van der Waals surface area (Å²) in [4.78, 5) is 30.3. The molecule has 2 aromatic rings. The molecule has 1 fully saturated rings. The maximum absolute atomic E-state index is 13.3. The Morgan fingerprint density at radius 1 is 1.00 bits per heavy atom. The lowest BCUT2D eigenvalue weighted by Crippen LogP contribution is -2.38. The summed E-state index contributed by atoms with van der Waals surface area (Å²) in [6, 6.07) is 9.60. The summed E-state index contributed by atoms with van der Waals surface area (Å²) < 4.78 is 16.4. The van der Waals surface area contributed by atoms with Crippen molar-refractivity contribution in [3.63, 3.8) is 0 Å². The number of Topliss-reactive ketones (excluding diaryl/α,β-unsaturated/α-hetero) is 1. The van der Waals surface area contributed by atoms with E-state index in [-0.39, 0.29) is 11.3 Å². The molecule has 1 amide bonds. The van der Waals surface area contributed by atoms with E-state index in [2.05, 4.69) is 4.90 Å². The highest BCUT2D eigenvalue weighted by Crippen LogP contribution is 2.45. The summed E-state index contributed by atoms with van der Waals surface area (Å²) in [6.45, 7) is 8.48. The third kappa shape index (κ3) is 4.98. The van der Waals surface area contributed by atoms with Crippen molar-refractivity contribution in [2.75, 3.05) is 47.5 Å². The molecule has 0 aromatic heterocycles. The highest BCUT2D eigenvalue weighted by atomic mass is 16.5. The Bertz CT molecular complexity index is 1120. The third-order valence-corrected chi connectivity index (χ3v) is 6.49. The number of hydrogen-bond donors (Lipinski definition) is 1. The second-order valence-electron chi connectivity index (χ2n) is 8.29. The predicted molar refractivity (Wildman–Crippen MR) is 134 cm³/mol. The van der Waals surface area contributed by atoms with Gasteiger partial charge in [0.2, 0.25) is 0 Å². The second kappa shape index (κ2) is 11.3. The number of amides is 1. The van der Waals surface area contributed by atoms with E-state index >= 15 is 0 Å². The van der Waals surface area contributed by atoms with Gasteiger partial charge >= 0.3 is 0 Å². The zero-order valence-electron chi connectivity index (χ0n) is 21.3. The van der Waals surface area contributed by atoms with Crippen molar-refractivity contribution in [2.45, 2.75) is 26.8 Å². The van der Waals surface area contributed by atoms with E-state index in [1.54, 1.807) is 43.5 Å². The van der Waals surface area contributed by atoms with E-state index in [1.165, 1.54) is 19.1 Å². The topological polar surface area (TPSA) is 88.5 Å². The first-order valence-electron chi connectivity index (χ1n) is 11.7. The molecule has 1 aliphatic rings. The molecule has 1 saturated heterocycles. The molecule has 3 rings (SSSR count). The number of nitrogens with zero attached hydrogens (tertiary/aromatic N) is 2. The van der Waals surface area contributed by atoms with Crippen molar-refractivity contribution in [3.8, 4) is 17.2 Å². The van der Waals surface area contributed by atoms with Gasteiger partial charge < -0.3 is 29.1 Å². The summed E-state index contributed by atoms with van der Waals surface area (Å²) in [5, 5.41) is 11.4. The van der Waals surface area contributed by atoms with Crippen molar-refractivity contribution in [1.29, 1.82) is 0 Å². The molecule has 1 heterocycles. The van der Waals surface area contributed by atoms with Gasteiger partial charge in [-0.1, -0.05) is 26.0 Å². The first-order valence-corrected chi connectivity index (χ1v) is 11.7. The molecule has 1 aliphatic heterocycles. The molecular formula is C27H34N2O6. The van der Waals surface area contributed by atoms with Crippen molar-refractivity contribution in [1.82, 2.24) is 9.80 Å². The largest absolute Gasteiger partial charge is 0.507 e. The number of hydrogen-bond acceptors (Lipinski definition) is 7. The first-order chi connectivity index (χ1) is 16.8. The van der Waals surface area contributed by atoms with Gasteiger partial charge in [0.1, 0.15) is 11.5 Å². The molecule has 8 nitrogen and oxygen atoms in total. The zero-order valence-corrected chi connectivity index (χ0v) is 21.3. The number of carbonyl (C=O) groups excluding carboxylic acids is 2. The Labute approximate surface area is 206 Å². The number of rotatable bonds is 10. The summed E-state index contributed by atoms with van der Waals surface area (Å²) in [6.07, 6.45) is 0. The Kier molecular flexibility index (Phi) is 8.40. The third-order valence-electron chi connectivity index (χ3n) is 6.49. The number of methoxy groups -OCH3 is 3. The summed E-state index contributed by atoms with van der Waals surface area (Å²) in [7, 11) is 4.60. The lowest BCUT2D eigenvalue weighted by molar-refractivity contribution is -0.140. The average Bonchev–Trinajstić information content (AvgIpc) is 3.12. The monoisotopic (exact) mass is 482 g/mol. The second-order valence-corrected chi connectivity index (χ2v) is 8.29. The van der Waals surface area contributed by atoms with Gasteiger partial charge in [0.15, 0.2) is 11.5 Å². The molecule has 35 heavy (non-hydrogen) atoms. The molecule has 0 unspecified atom stereocenters. The van der Waals surface area contributed by atoms with Crippen LogP contribution in [0.2, 0.25) is 0 Å². The molecule has 2 aromatic carbocycles. The van der Waals surface area contributed by atoms with Gasteiger partial charge in [0, 0.05) is 24.2 Å². The molecule has 0 spiro atoms. The van der Waals surface area contributed by atoms with Crippen LogP contribution in [0.3, 0.4) is 0 Å². The molecule has 1 N–H and O–H groups in total. The van der Waals surface area contributed by atoms with Crippen molar-refractivity contribution in [3.05, 3.63) is 58.7 Å². The maximum atomic E-state index is 13.3. The van der Waals surface area contributed by atoms with Crippen LogP contribution in [0, 0.1) is 6.92 Å². The standard InChI is InChI=1S/C27H34N2O6/c1-7-28(8-2)14-15-29-23(19-10-9-11-21(34-5)26(19)35-6)22(25(31)27(29)32)24(30)18-12-13-20(33-4)17(3)16-18/h9-13,16,23,30H,7-8,14-15H2,1-6H3/t23-/m0/s1. The summed E-state index contributed by atoms with van der Waals surface area (Å²) in [5.41, 5.74) is 1.81. The Balaban J connectivity index is 2.21. The highest BCUT2D eigenvalue weighted by Gasteiger charge is 2.47. The van der Waals surface area contributed by atoms with E-state index in [1.807, 2.05) is 20.8 Å². The maximum Gasteiger partial charge on any atom is 0.295 e. The van der Waals surface area contributed by atoms with Crippen LogP contribution >= 0.6 is 0 Å². The fourth-order valence-corrected chi connectivity index (χ4v) is 4.53. The lowest BCUT2D eigenvalue weighted by atomic mass is 9.94. The number of ketones is 1. The smallest absolute Gasteiger partial charge is 0.295 e. The molecule has 0 aliphatic carbocycles. The van der Waals surface area contributed by atoms with Crippen LogP contribution in [0.25, 0.3) is 5.76 Å². The van der Waals surface area contributed by atoms with Crippen LogP contribution in [-0.2, 0) is 9.59 Å². The molecular weight excluding hydrogens is 448 g/mol. The predicted octanol–water partition coefficient (Wildman–Crippen LogP) is 3.78. The molecule has 188 valence electrons. The number of para-hydroxylation sites is 1. The van der Waals surface area contributed by atoms with Crippen molar-refractivity contribution in [2.24, 2.45) is 0 Å². The average molecular weight is 483 g/mol. The zero-order chi connectivity index (χ0) is 25.7. The number of likely N-dealkylation sites (N-methyl/N-ethyl adjacent to an activating group) is 1. The Hall–Kier alpha value is -3.52. The highest BCUT2D eigenvalue weighted by molar-refractivity contribution is 6.46. The lowest BCUT2D eigenvalue weighted by Gasteiger charge is -2.29. The minimum Gasteiger partial charge on any atom is -0.507 e. The first kappa shape index (κ1) is 26.1. The molecule has 0 radical (unpaired) electrons. The van der Waals surface area contributed by atoms with Crippen LogP contribution in [0.4, 0.5) is 0 Å². The number of aliphatic hydroxyl groups is 1. The van der Waals surface area contributed by atoms with E-state index in [4.69, 9.17) is 14.2 Å². The minimum absolute atomic E-state index is 0.0191. The van der Waals surface area contributed by atoms with Gasteiger partial charge in [-0.2, -0.15) is 0 Å². The quantitative estimate of drug-likeness (QED) is 0.313. The van der Waals surface area contributed by atoms with E-state index in [0.717, 1.165) is 18.7 Å². The number of aryl methyl sites for hydroxylation is 1. The normalized spacial score (nSPS) is 17.2. The van der Waals surface area contributed by atoms with E-state index in [0.29, 0.717) is 41.5 Å². The van der Waals surface area contributed by atoms with Gasteiger partial charge in [-0.05, 0) is 49.8 Å². The number of aliphatic hydroxyl groups excluding tert-OH is 1. The van der Waals surface area contributed by atoms with Gasteiger partial charge in [-0.15, -0.1) is 0 Å². The van der Waals surface area contributed by atoms with Crippen LogP contribution in [0.15, 0.2) is 42.0 Å². The van der Waals surface area contributed by atoms with Crippen molar-refractivity contribution >= 4 is 17.4 Å². The summed E-state index contributed by atoms with van der Waals surface area (Å²) in [5.74, 6) is -0.0862. The number of benzene rings is 2. The Morgan fingerprint density at radius 2 is 1.69 bits per heavy atom. The molecule has 1 atom stereocenters. The number of likely N-dealkylation sites (tertiary alicyclic amines) is 1. The molecule has 8 heteroatoms. The SMILES string of the molecule is CCN(CC)CCN1C(=O)C(=O)C(=C(O)c2ccc(OC)c(C)c2)[C@@H]1c1cccc(OC)c1OC. The van der Waals surface area contributed by atoms with Gasteiger partial charge in [0.25, 0.3) is 11.7 Å². The van der Waals surface area contributed by atoms with Crippen LogP contribution in [-0.4, -0.2) is 74.1 Å². The van der Waals surface area contributed by atoms with Gasteiger partial charge in [0.05, 0.1) is 32.9 Å². The summed E-state index contributed by atoms with van der Waals surface area (Å²) >= 11 is 0. The van der Waals surface area contributed by atoms with Crippen LogP contribution in [0.5, 0.6) is 17.2 Å². The molecule has 0 saturated carbocycles. The number of carbonyl (C=O) groups is 2. The number of ether oxygens (including phenoxy) is 3. The fraction of sp³-hybridized carbons (Fsp3) is 0.407. The van der Waals surface area contributed by atoms with Crippen molar-refractivity contribution < 1.29 is 28.9 Å². The van der Waals surface area contributed by atoms with Crippen LogP contribution in [0.1, 0.15) is 36.6 Å². The Morgan fingerprint density at radius 3 is 2.26 bits per heavy atom. The fourth-order valence-electron chi connectivity index (χ4n) is 4.53. The van der Waals surface area contributed by atoms with Gasteiger partial charge in [-0.25, -0.2) is 0 Å². The van der Waals surface area contributed by atoms with E-state index < -0.39 is 17.7 Å². The minimum atomic E-state index is -0.835. The van der Waals surface area contributed by atoms with E-state index in [9.17, 15) is 14.7 Å². The van der Waals surface area contributed by atoms with Gasteiger partial charge in [-0.3, -0.25) is 9.59 Å².